The normalized spacial score (nSPS) is 18.6. The lowest BCUT2D eigenvalue weighted by atomic mass is 10.0. The van der Waals surface area contributed by atoms with E-state index in [-0.39, 0.29) is 11.9 Å². The fourth-order valence-electron chi connectivity index (χ4n) is 3.36. The van der Waals surface area contributed by atoms with Crippen LogP contribution in [-0.2, 0) is 16.4 Å². The van der Waals surface area contributed by atoms with Crippen molar-refractivity contribution < 1.29 is 13.2 Å². The molecule has 0 N–H and O–H groups in total. The van der Waals surface area contributed by atoms with Gasteiger partial charge in [-0.3, -0.25) is 9.10 Å². The Morgan fingerprint density at radius 1 is 1.25 bits per heavy atom. The van der Waals surface area contributed by atoms with Gasteiger partial charge in [0.2, 0.25) is 10.0 Å². The standard InChI is InChI=1S/C18H26N2O3S/c1-12(2)13(3)20(16-6-7-16)18(21)15-5-8-17-14(11-15)9-10-19(17)24(4,22)23/h5,8,11-13,16H,6-7,9-10H2,1-4H3. The van der Waals surface area contributed by atoms with E-state index in [4.69, 9.17) is 0 Å². The van der Waals surface area contributed by atoms with Gasteiger partial charge < -0.3 is 4.90 Å². The molecule has 0 saturated heterocycles. The summed E-state index contributed by atoms with van der Waals surface area (Å²) in [5, 5.41) is 0. The molecule has 24 heavy (non-hydrogen) atoms. The van der Waals surface area contributed by atoms with Crippen molar-refractivity contribution in [3.63, 3.8) is 0 Å². The summed E-state index contributed by atoms with van der Waals surface area (Å²) in [7, 11) is -3.26. The lowest BCUT2D eigenvalue weighted by Gasteiger charge is -2.32. The molecule has 5 nitrogen and oxygen atoms in total. The van der Waals surface area contributed by atoms with E-state index in [1.54, 1.807) is 12.1 Å². The predicted molar refractivity (Wildman–Crippen MR) is 95.8 cm³/mol. The molecule has 1 unspecified atom stereocenters. The number of amides is 1. The van der Waals surface area contributed by atoms with E-state index >= 15 is 0 Å². The molecule has 0 spiro atoms. The Bertz CT molecular complexity index is 754. The summed E-state index contributed by atoms with van der Waals surface area (Å²) in [5.74, 6) is 0.476. The van der Waals surface area contributed by atoms with E-state index in [0.29, 0.717) is 36.2 Å². The molecule has 1 aromatic rings. The monoisotopic (exact) mass is 350 g/mol. The van der Waals surface area contributed by atoms with E-state index < -0.39 is 10.0 Å². The molecule has 1 saturated carbocycles. The number of carbonyl (C=O) groups excluding carboxylic acids is 1. The SMILES string of the molecule is CC(C)C(C)N(C(=O)c1ccc2c(c1)CCN2S(C)(=O)=O)C1CC1. The Hall–Kier alpha value is -1.56. The minimum atomic E-state index is -3.26. The summed E-state index contributed by atoms with van der Waals surface area (Å²) in [4.78, 5) is 15.1. The van der Waals surface area contributed by atoms with E-state index in [9.17, 15) is 13.2 Å². The van der Waals surface area contributed by atoms with Crippen LogP contribution in [-0.4, -0.2) is 44.1 Å². The zero-order valence-electron chi connectivity index (χ0n) is 14.8. The zero-order chi connectivity index (χ0) is 17.6. The van der Waals surface area contributed by atoms with Gasteiger partial charge in [-0.15, -0.1) is 0 Å². The summed E-state index contributed by atoms with van der Waals surface area (Å²) >= 11 is 0. The highest BCUT2D eigenvalue weighted by Gasteiger charge is 2.37. The Morgan fingerprint density at radius 3 is 2.46 bits per heavy atom. The number of hydrogen-bond acceptors (Lipinski definition) is 3. The van der Waals surface area contributed by atoms with Gasteiger partial charge in [0, 0.05) is 24.2 Å². The predicted octanol–water partition coefficient (Wildman–Crippen LogP) is 2.66. The second kappa shape index (κ2) is 6.06. The molecule has 6 heteroatoms. The average Bonchev–Trinajstić information content (AvgIpc) is 3.23. The lowest BCUT2D eigenvalue weighted by molar-refractivity contribution is 0.0628. The topological polar surface area (TPSA) is 57.7 Å². The van der Waals surface area contributed by atoms with Crippen LogP contribution >= 0.6 is 0 Å². The van der Waals surface area contributed by atoms with Crippen molar-refractivity contribution in [2.24, 2.45) is 5.92 Å². The van der Waals surface area contributed by atoms with Crippen LogP contribution in [0.1, 0.15) is 49.5 Å². The zero-order valence-corrected chi connectivity index (χ0v) is 15.6. The Kier molecular flexibility index (Phi) is 4.36. The largest absolute Gasteiger partial charge is 0.333 e. The smallest absolute Gasteiger partial charge is 0.254 e. The van der Waals surface area contributed by atoms with Gasteiger partial charge >= 0.3 is 0 Å². The molecule has 132 valence electrons. The van der Waals surface area contributed by atoms with Crippen LogP contribution in [0.5, 0.6) is 0 Å². The van der Waals surface area contributed by atoms with E-state index in [1.807, 2.05) is 11.0 Å². The highest BCUT2D eigenvalue weighted by Crippen LogP contribution is 2.34. The van der Waals surface area contributed by atoms with Crippen LogP contribution < -0.4 is 4.31 Å². The first kappa shape index (κ1) is 17.3. The summed E-state index contributed by atoms with van der Waals surface area (Å²) in [6.45, 7) is 6.85. The van der Waals surface area contributed by atoms with Crippen LogP contribution in [0.3, 0.4) is 0 Å². The molecule has 1 aliphatic carbocycles. The fraction of sp³-hybridized carbons (Fsp3) is 0.611. The highest BCUT2D eigenvalue weighted by molar-refractivity contribution is 7.92. The third kappa shape index (κ3) is 3.16. The van der Waals surface area contributed by atoms with Gasteiger partial charge in [-0.05, 0) is 55.9 Å². The quantitative estimate of drug-likeness (QED) is 0.820. The summed E-state index contributed by atoms with van der Waals surface area (Å²) in [5.41, 5.74) is 2.33. The van der Waals surface area contributed by atoms with Gasteiger partial charge in [0.1, 0.15) is 0 Å². The van der Waals surface area contributed by atoms with E-state index in [2.05, 4.69) is 20.8 Å². The molecule has 1 heterocycles. The molecule has 1 amide bonds. The van der Waals surface area contributed by atoms with Crippen molar-refractivity contribution in [3.05, 3.63) is 29.3 Å². The lowest BCUT2D eigenvalue weighted by Crippen LogP contribution is -2.43. The molecule has 1 aromatic carbocycles. The number of nitrogens with zero attached hydrogens (tertiary/aromatic N) is 2. The number of carbonyl (C=O) groups is 1. The van der Waals surface area contributed by atoms with Crippen molar-refractivity contribution >= 4 is 21.6 Å². The molecule has 1 atom stereocenters. The Labute approximate surface area is 144 Å². The van der Waals surface area contributed by atoms with Crippen molar-refractivity contribution in [2.45, 2.75) is 52.1 Å². The van der Waals surface area contributed by atoms with E-state index in [0.717, 1.165) is 18.4 Å². The van der Waals surface area contributed by atoms with Crippen LogP contribution in [0.15, 0.2) is 18.2 Å². The first-order valence-electron chi connectivity index (χ1n) is 8.63. The van der Waals surface area contributed by atoms with Gasteiger partial charge in [-0.25, -0.2) is 8.42 Å². The summed E-state index contributed by atoms with van der Waals surface area (Å²) in [6, 6.07) is 5.99. The Balaban J connectivity index is 1.89. The summed E-state index contributed by atoms with van der Waals surface area (Å²) in [6.07, 6.45) is 4.04. The van der Waals surface area contributed by atoms with Crippen LogP contribution in [0.25, 0.3) is 0 Å². The molecule has 0 aromatic heterocycles. The molecular weight excluding hydrogens is 324 g/mol. The third-order valence-corrected chi connectivity index (χ3v) is 6.34. The van der Waals surface area contributed by atoms with E-state index in [1.165, 1.54) is 10.6 Å². The maximum Gasteiger partial charge on any atom is 0.254 e. The van der Waals surface area contributed by atoms with Crippen molar-refractivity contribution in [3.8, 4) is 0 Å². The van der Waals surface area contributed by atoms with Crippen molar-refractivity contribution in [1.82, 2.24) is 4.90 Å². The Morgan fingerprint density at radius 2 is 1.92 bits per heavy atom. The first-order chi connectivity index (χ1) is 11.2. The second-order valence-electron chi connectivity index (χ2n) is 7.36. The maximum atomic E-state index is 13.0. The third-order valence-electron chi connectivity index (χ3n) is 5.16. The van der Waals surface area contributed by atoms with Crippen LogP contribution in [0.2, 0.25) is 0 Å². The minimum absolute atomic E-state index is 0.0688. The minimum Gasteiger partial charge on any atom is -0.333 e. The number of sulfonamides is 1. The van der Waals surface area contributed by atoms with Crippen LogP contribution in [0, 0.1) is 5.92 Å². The molecule has 1 aliphatic heterocycles. The molecule has 0 radical (unpaired) electrons. The number of fused-ring (bicyclic) bond motifs is 1. The van der Waals surface area contributed by atoms with Crippen molar-refractivity contribution in [2.75, 3.05) is 17.1 Å². The van der Waals surface area contributed by atoms with Gasteiger partial charge in [0.05, 0.1) is 11.9 Å². The van der Waals surface area contributed by atoms with Gasteiger partial charge in [0.15, 0.2) is 0 Å². The summed E-state index contributed by atoms with van der Waals surface area (Å²) < 4.78 is 25.1. The molecule has 2 aliphatic rings. The number of anilines is 1. The van der Waals surface area contributed by atoms with Gasteiger partial charge in [0.25, 0.3) is 5.91 Å². The van der Waals surface area contributed by atoms with Crippen molar-refractivity contribution in [1.29, 1.82) is 0 Å². The van der Waals surface area contributed by atoms with Crippen LogP contribution in [0.4, 0.5) is 5.69 Å². The van der Waals surface area contributed by atoms with Gasteiger partial charge in [-0.2, -0.15) is 0 Å². The highest BCUT2D eigenvalue weighted by atomic mass is 32.2. The fourth-order valence-corrected chi connectivity index (χ4v) is 4.31. The molecular formula is C18H26N2O3S. The number of hydrogen-bond donors (Lipinski definition) is 0. The number of rotatable bonds is 5. The van der Waals surface area contributed by atoms with Gasteiger partial charge in [-0.1, -0.05) is 13.8 Å². The second-order valence-corrected chi connectivity index (χ2v) is 9.26. The molecule has 1 fully saturated rings. The first-order valence-corrected chi connectivity index (χ1v) is 10.5. The number of benzene rings is 1. The molecule has 0 bridgehead atoms. The molecule has 3 rings (SSSR count). The maximum absolute atomic E-state index is 13.0. The average molecular weight is 350 g/mol.